The second-order valence-electron chi connectivity index (χ2n) is 11.9. The second-order valence-corrected chi connectivity index (χ2v) is 15.8. The van der Waals surface area contributed by atoms with Crippen molar-refractivity contribution in [2.45, 2.75) is 68.6 Å². The van der Waals surface area contributed by atoms with E-state index in [0.717, 1.165) is 24.3 Å². The van der Waals surface area contributed by atoms with Gasteiger partial charge >= 0.3 is 23.9 Å². The number of rotatable bonds is 17. The number of hydrogen-bond acceptors (Lipinski definition) is 14. The summed E-state index contributed by atoms with van der Waals surface area (Å²) in [6, 6.07) is 2.73. The van der Waals surface area contributed by atoms with Crippen molar-refractivity contribution in [1.29, 1.82) is 0 Å². The van der Waals surface area contributed by atoms with Gasteiger partial charge in [-0.05, 0) is 41.0 Å². The van der Waals surface area contributed by atoms with Gasteiger partial charge in [-0.1, -0.05) is 31.9 Å². The molecule has 0 saturated carbocycles. The Hall–Kier alpha value is -4.46. The standard InChI is InChI=1S/C29H38Br2N4O14/c1-27(2,30)25(44)46-14-29(5,15-47-26(45)28(3,4)31)24(43)33-16(6-11-21(40)48-34-17(36)7-8-18(34)37)23(42)32-13-12-22(41)49-35-19(38)9-10-20(35)39/h7-10,16,36-39H,6,11-15H2,1-5H3,(H,32,42)(H,33,43). The average molecular weight is 826 g/mol. The molecule has 2 rings (SSSR count). The number of esters is 2. The van der Waals surface area contributed by atoms with Crippen LogP contribution in [0, 0.1) is 5.41 Å². The van der Waals surface area contributed by atoms with Gasteiger partial charge < -0.3 is 50.2 Å². The highest BCUT2D eigenvalue weighted by atomic mass is 79.9. The molecule has 1 unspecified atom stereocenters. The molecule has 0 aliphatic rings. The molecular weight excluding hydrogens is 788 g/mol. The van der Waals surface area contributed by atoms with Crippen molar-refractivity contribution >= 4 is 67.6 Å². The van der Waals surface area contributed by atoms with E-state index < -0.39 is 112 Å². The van der Waals surface area contributed by atoms with E-state index in [4.69, 9.17) is 19.1 Å². The highest BCUT2D eigenvalue weighted by molar-refractivity contribution is 9.10. The molecule has 0 aliphatic carbocycles. The number of nitrogens with one attached hydrogen (secondary N) is 2. The third-order valence-electron chi connectivity index (χ3n) is 6.43. The van der Waals surface area contributed by atoms with Gasteiger partial charge in [0.25, 0.3) is 0 Å². The quantitative estimate of drug-likeness (QED) is 0.0960. The normalized spacial score (nSPS) is 12.4. The minimum atomic E-state index is -1.77. The van der Waals surface area contributed by atoms with E-state index >= 15 is 0 Å². The number of aromatic nitrogens is 2. The van der Waals surface area contributed by atoms with Crippen LogP contribution < -0.4 is 20.3 Å². The van der Waals surface area contributed by atoms with Gasteiger partial charge in [0.05, 0.1) is 12.8 Å². The number of ether oxygens (including phenoxy) is 2. The Morgan fingerprint density at radius 2 is 1.10 bits per heavy atom. The van der Waals surface area contributed by atoms with Crippen LogP contribution in [-0.2, 0) is 38.2 Å². The van der Waals surface area contributed by atoms with Gasteiger partial charge in [0.15, 0.2) is 0 Å². The van der Waals surface area contributed by atoms with Crippen LogP contribution in [0.1, 0.15) is 53.9 Å². The first-order chi connectivity index (χ1) is 22.5. The van der Waals surface area contributed by atoms with Crippen LogP contribution in [0.5, 0.6) is 23.5 Å². The highest BCUT2D eigenvalue weighted by Crippen LogP contribution is 2.26. The van der Waals surface area contributed by atoms with Crippen molar-refractivity contribution in [2.24, 2.45) is 5.41 Å². The summed E-state index contributed by atoms with van der Waals surface area (Å²) in [5.74, 6) is -7.66. The van der Waals surface area contributed by atoms with Crippen molar-refractivity contribution in [3.63, 3.8) is 0 Å². The van der Waals surface area contributed by atoms with E-state index in [0.29, 0.717) is 9.46 Å². The lowest BCUT2D eigenvalue weighted by Gasteiger charge is -2.31. The fraction of sp³-hybridized carbons (Fsp3) is 0.517. The van der Waals surface area contributed by atoms with Crippen molar-refractivity contribution in [3.05, 3.63) is 24.3 Å². The average Bonchev–Trinajstić information content (AvgIpc) is 3.49. The van der Waals surface area contributed by atoms with Crippen molar-refractivity contribution in [2.75, 3.05) is 19.8 Å². The van der Waals surface area contributed by atoms with E-state index in [9.17, 15) is 49.2 Å². The van der Waals surface area contributed by atoms with E-state index in [2.05, 4.69) is 42.5 Å². The zero-order chi connectivity index (χ0) is 37.3. The molecule has 2 heterocycles. The topological polar surface area (TPSA) is 254 Å². The molecule has 0 bridgehead atoms. The lowest BCUT2D eigenvalue weighted by Crippen LogP contribution is -2.54. The zero-order valence-electron chi connectivity index (χ0n) is 27.2. The molecule has 0 aromatic carbocycles. The number of halogens is 2. The first kappa shape index (κ1) is 40.7. The Kier molecular flexibility index (Phi) is 13.9. The predicted octanol–water partition coefficient (Wildman–Crippen LogP) is 0.934. The third-order valence-corrected chi connectivity index (χ3v) is 7.08. The molecular formula is C29H38Br2N4O14. The Balaban J connectivity index is 2.24. The number of hydrogen-bond donors (Lipinski definition) is 6. The Labute approximate surface area is 296 Å². The largest absolute Gasteiger partial charge is 0.492 e. The molecule has 0 fully saturated rings. The molecule has 20 heteroatoms. The Bertz CT molecular complexity index is 1470. The molecule has 2 amide bonds. The van der Waals surface area contributed by atoms with Crippen LogP contribution in [0.4, 0.5) is 0 Å². The van der Waals surface area contributed by atoms with Gasteiger partial charge in [0, 0.05) is 30.8 Å². The lowest BCUT2D eigenvalue weighted by atomic mass is 9.90. The zero-order valence-corrected chi connectivity index (χ0v) is 30.3. The van der Waals surface area contributed by atoms with Crippen LogP contribution in [-0.4, -0.2) is 100 Å². The van der Waals surface area contributed by atoms with Crippen molar-refractivity contribution in [1.82, 2.24) is 20.1 Å². The fourth-order valence-corrected chi connectivity index (χ4v) is 3.75. The monoisotopic (exact) mass is 824 g/mol. The number of alkyl halides is 2. The maximum absolute atomic E-state index is 13.7. The fourth-order valence-electron chi connectivity index (χ4n) is 3.53. The van der Waals surface area contributed by atoms with Crippen LogP contribution in [0.15, 0.2) is 24.3 Å². The second kappa shape index (κ2) is 16.8. The summed E-state index contributed by atoms with van der Waals surface area (Å²) in [6.07, 6.45) is -1.45. The van der Waals surface area contributed by atoms with Gasteiger partial charge in [-0.3, -0.25) is 19.2 Å². The number of nitrogens with zero attached hydrogens (tertiary/aromatic N) is 2. The molecule has 1 atom stereocenters. The first-order valence-electron chi connectivity index (χ1n) is 14.5. The minimum Gasteiger partial charge on any atom is -0.492 e. The van der Waals surface area contributed by atoms with Gasteiger partial charge in [-0.15, -0.1) is 9.46 Å². The van der Waals surface area contributed by atoms with Gasteiger partial charge in [-0.2, -0.15) is 0 Å². The van der Waals surface area contributed by atoms with E-state index in [1.165, 1.54) is 34.6 Å². The lowest BCUT2D eigenvalue weighted by molar-refractivity contribution is -0.160. The smallest absolute Gasteiger partial charge is 0.334 e. The summed E-state index contributed by atoms with van der Waals surface area (Å²) in [6.45, 7) is 5.77. The van der Waals surface area contributed by atoms with Crippen molar-refractivity contribution < 1.29 is 68.3 Å². The molecule has 6 N–H and O–H groups in total. The molecule has 0 aliphatic heterocycles. The van der Waals surface area contributed by atoms with E-state index in [1.807, 2.05) is 0 Å². The van der Waals surface area contributed by atoms with E-state index in [1.54, 1.807) is 0 Å². The number of amides is 2. The van der Waals surface area contributed by atoms with Gasteiger partial charge in [-0.25, -0.2) is 9.59 Å². The molecule has 49 heavy (non-hydrogen) atoms. The molecule has 2 aromatic heterocycles. The predicted molar refractivity (Wildman–Crippen MR) is 174 cm³/mol. The Morgan fingerprint density at radius 1 is 0.714 bits per heavy atom. The summed E-state index contributed by atoms with van der Waals surface area (Å²) in [5, 5.41) is 43.6. The molecule has 272 valence electrons. The van der Waals surface area contributed by atoms with Crippen LogP contribution >= 0.6 is 31.9 Å². The highest BCUT2D eigenvalue weighted by Gasteiger charge is 2.41. The maximum atomic E-state index is 13.7. The van der Waals surface area contributed by atoms with Crippen LogP contribution in [0.3, 0.4) is 0 Å². The number of carbonyl (C=O) groups excluding carboxylic acids is 6. The molecule has 0 radical (unpaired) electrons. The maximum Gasteiger partial charge on any atom is 0.334 e. The number of carbonyl (C=O) groups is 6. The summed E-state index contributed by atoms with van der Waals surface area (Å²) in [5.41, 5.74) is -1.77. The Morgan fingerprint density at radius 3 is 1.49 bits per heavy atom. The van der Waals surface area contributed by atoms with E-state index in [-0.39, 0.29) is 6.54 Å². The third kappa shape index (κ3) is 12.2. The molecule has 2 aromatic rings. The summed E-state index contributed by atoms with van der Waals surface area (Å²) in [7, 11) is 0. The number of aromatic hydroxyl groups is 4. The van der Waals surface area contributed by atoms with Crippen LogP contribution in [0.25, 0.3) is 0 Å². The molecule has 0 saturated heterocycles. The van der Waals surface area contributed by atoms with Gasteiger partial charge in [0.1, 0.15) is 33.3 Å². The van der Waals surface area contributed by atoms with Gasteiger partial charge in [0.2, 0.25) is 35.3 Å². The van der Waals surface area contributed by atoms with Crippen molar-refractivity contribution in [3.8, 4) is 23.5 Å². The minimum absolute atomic E-state index is 0.366. The molecule has 0 spiro atoms. The first-order valence-corrected chi connectivity index (χ1v) is 16.1. The van der Waals surface area contributed by atoms with Crippen LogP contribution in [0.2, 0.25) is 0 Å². The summed E-state index contributed by atoms with van der Waals surface area (Å²) in [4.78, 5) is 86.4. The molecule has 18 nitrogen and oxygen atoms in total. The summed E-state index contributed by atoms with van der Waals surface area (Å²) >= 11 is 6.33. The SMILES string of the molecule is CC(C)(Br)C(=O)OCC(C)(COC(=O)C(C)(C)Br)C(=O)NC(CCC(=O)On1c(O)ccc1O)C(=O)NCCC(=O)On1c(O)ccc1O. The summed E-state index contributed by atoms with van der Waals surface area (Å²) < 4.78 is 9.25.